The first kappa shape index (κ1) is 14.4. The van der Waals surface area contributed by atoms with E-state index in [0.29, 0.717) is 5.92 Å². The summed E-state index contributed by atoms with van der Waals surface area (Å²) in [6.45, 7) is 3.25. The molecule has 0 aliphatic carbocycles. The lowest BCUT2D eigenvalue weighted by Crippen LogP contribution is -2.29. The van der Waals surface area contributed by atoms with Crippen LogP contribution in [0.1, 0.15) is 42.4 Å². The second-order valence-corrected chi connectivity index (χ2v) is 5.27. The number of carbonyl (C=O) groups is 2. The monoisotopic (exact) mass is 276 g/mol. The topological polar surface area (TPSA) is 89.2 Å². The lowest BCUT2D eigenvalue weighted by atomic mass is 9.95. The minimum Gasteiger partial charge on any atom is -0.364 e. The van der Waals surface area contributed by atoms with Crippen LogP contribution in [0.4, 0.5) is 0 Å². The van der Waals surface area contributed by atoms with Crippen LogP contribution in [0.15, 0.2) is 12.4 Å². The lowest BCUT2D eigenvalue weighted by Gasteiger charge is -2.18. The van der Waals surface area contributed by atoms with Crippen molar-refractivity contribution >= 4 is 11.8 Å². The van der Waals surface area contributed by atoms with Crippen molar-refractivity contribution in [3.05, 3.63) is 23.8 Å². The molecule has 1 aliphatic heterocycles. The Balaban J connectivity index is 1.98. The molecule has 2 N–H and O–H groups in total. The van der Waals surface area contributed by atoms with Crippen LogP contribution in [0, 0.1) is 5.92 Å². The molecule has 1 saturated heterocycles. The molecule has 0 radical (unpaired) electrons. The maximum Gasteiger partial charge on any atom is 0.267 e. The highest BCUT2D eigenvalue weighted by molar-refractivity contribution is 5.90. The molecule has 0 unspecified atom stereocenters. The minimum atomic E-state index is -0.530. The van der Waals surface area contributed by atoms with Gasteiger partial charge in [-0.05, 0) is 37.7 Å². The normalized spacial score (nSPS) is 19.4. The van der Waals surface area contributed by atoms with Gasteiger partial charge in [-0.1, -0.05) is 0 Å². The molecule has 1 aliphatic rings. The number of likely N-dealkylation sites (tertiary alicyclic amines) is 1. The molecule has 6 heteroatoms. The number of amides is 2. The molecule has 1 aromatic heterocycles. The Morgan fingerprint density at radius 2 is 2.15 bits per heavy atom. The van der Waals surface area contributed by atoms with Gasteiger partial charge < -0.3 is 10.6 Å². The zero-order valence-corrected chi connectivity index (χ0v) is 11.7. The maximum atomic E-state index is 11.4. The Kier molecular flexibility index (Phi) is 4.65. The highest BCUT2D eigenvalue weighted by atomic mass is 16.2. The molecular weight excluding hydrogens is 256 g/mol. The van der Waals surface area contributed by atoms with Gasteiger partial charge in [0.25, 0.3) is 5.91 Å². The van der Waals surface area contributed by atoms with Gasteiger partial charge in [0, 0.05) is 25.7 Å². The van der Waals surface area contributed by atoms with Gasteiger partial charge in [0.2, 0.25) is 5.91 Å². The van der Waals surface area contributed by atoms with E-state index in [2.05, 4.69) is 9.97 Å². The van der Waals surface area contributed by atoms with Gasteiger partial charge in [-0.25, -0.2) is 9.97 Å². The Morgan fingerprint density at radius 1 is 1.35 bits per heavy atom. The van der Waals surface area contributed by atoms with Crippen molar-refractivity contribution in [1.82, 2.24) is 14.9 Å². The predicted octanol–water partition coefficient (Wildman–Crippen LogP) is 0.767. The zero-order chi connectivity index (χ0) is 14.5. The smallest absolute Gasteiger partial charge is 0.267 e. The summed E-state index contributed by atoms with van der Waals surface area (Å²) in [7, 11) is 0. The molecule has 1 aromatic rings. The van der Waals surface area contributed by atoms with E-state index >= 15 is 0 Å². The molecular formula is C14H20N4O2. The molecule has 6 nitrogen and oxygen atoms in total. The number of carbonyl (C=O) groups excluding carboxylic acids is 2. The third-order valence-electron chi connectivity index (χ3n) is 3.77. The fourth-order valence-corrected chi connectivity index (χ4v) is 2.62. The van der Waals surface area contributed by atoms with Gasteiger partial charge in [-0.15, -0.1) is 0 Å². The molecule has 2 rings (SSSR count). The van der Waals surface area contributed by atoms with Crippen LogP contribution < -0.4 is 5.73 Å². The van der Waals surface area contributed by atoms with E-state index in [-0.39, 0.29) is 11.6 Å². The molecule has 2 amide bonds. The van der Waals surface area contributed by atoms with Crippen LogP contribution in [0.2, 0.25) is 0 Å². The number of rotatable bonds is 3. The fourth-order valence-electron chi connectivity index (χ4n) is 2.62. The van der Waals surface area contributed by atoms with E-state index in [4.69, 9.17) is 5.73 Å². The van der Waals surface area contributed by atoms with Gasteiger partial charge in [0.1, 0.15) is 12.0 Å². The van der Waals surface area contributed by atoms with Crippen LogP contribution in [0.5, 0.6) is 0 Å². The zero-order valence-electron chi connectivity index (χ0n) is 11.7. The van der Waals surface area contributed by atoms with E-state index in [9.17, 15) is 9.59 Å². The Morgan fingerprint density at radius 3 is 2.85 bits per heavy atom. The summed E-state index contributed by atoms with van der Waals surface area (Å²) < 4.78 is 0. The van der Waals surface area contributed by atoms with Crippen molar-refractivity contribution in [1.29, 1.82) is 0 Å². The summed E-state index contributed by atoms with van der Waals surface area (Å²) in [5, 5.41) is 0. The summed E-state index contributed by atoms with van der Waals surface area (Å²) in [6, 6.07) is 1.66. The first-order chi connectivity index (χ1) is 9.56. The maximum absolute atomic E-state index is 11.4. The van der Waals surface area contributed by atoms with Crippen molar-refractivity contribution in [2.24, 2.45) is 11.7 Å². The van der Waals surface area contributed by atoms with Crippen LogP contribution in [0.3, 0.4) is 0 Å². The molecule has 1 atom stereocenters. The van der Waals surface area contributed by atoms with E-state index in [1.54, 1.807) is 13.0 Å². The average molecular weight is 276 g/mol. The van der Waals surface area contributed by atoms with Crippen LogP contribution >= 0.6 is 0 Å². The molecule has 1 fully saturated rings. The molecule has 0 saturated carbocycles. The van der Waals surface area contributed by atoms with Crippen molar-refractivity contribution in [2.45, 2.75) is 32.6 Å². The third kappa shape index (κ3) is 3.76. The highest BCUT2D eigenvalue weighted by Gasteiger charge is 2.19. The average Bonchev–Trinajstić information content (AvgIpc) is 2.65. The minimum absolute atomic E-state index is 0.142. The molecule has 2 heterocycles. The molecule has 0 bridgehead atoms. The number of primary amides is 1. The number of nitrogens with two attached hydrogens (primary N) is 1. The number of aromatic nitrogens is 2. The van der Waals surface area contributed by atoms with E-state index in [0.717, 1.165) is 44.5 Å². The van der Waals surface area contributed by atoms with Crippen molar-refractivity contribution < 1.29 is 9.59 Å². The van der Waals surface area contributed by atoms with Crippen LogP contribution in [-0.2, 0) is 11.2 Å². The summed E-state index contributed by atoms with van der Waals surface area (Å²) in [4.78, 5) is 32.4. The first-order valence-corrected chi connectivity index (χ1v) is 6.92. The summed E-state index contributed by atoms with van der Waals surface area (Å²) >= 11 is 0. The second kappa shape index (κ2) is 6.45. The SMILES string of the molecule is CC(=O)N1CCC[C@@H](Cc2cc(C(N)=O)ncn2)CC1. The molecule has 108 valence electrons. The number of nitrogens with zero attached hydrogens (tertiary/aromatic N) is 3. The van der Waals surface area contributed by atoms with Gasteiger partial charge in [0.15, 0.2) is 0 Å². The second-order valence-electron chi connectivity index (χ2n) is 5.27. The summed E-state index contributed by atoms with van der Waals surface area (Å²) in [5.74, 6) is 0.0935. The highest BCUT2D eigenvalue weighted by Crippen LogP contribution is 2.21. The van der Waals surface area contributed by atoms with E-state index < -0.39 is 5.91 Å². The van der Waals surface area contributed by atoms with Crippen molar-refractivity contribution in [3.63, 3.8) is 0 Å². The fraction of sp³-hybridized carbons (Fsp3) is 0.571. The summed E-state index contributed by atoms with van der Waals surface area (Å²) in [5.41, 5.74) is 6.32. The van der Waals surface area contributed by atoms with Crippen molar-refractivity contribution in [3.8, 4) is 0 Å². The van der Waals surface area contributed by atoms with Gasteiger partial charge in [0.05, 0.1) is 0 Å². The first-order valence-electron chi connectivity index (χ1n) is 6.92. The van der Waals surface area contributed by atoms with E-state index in [1.165, 1.54) is 6.33 Å². The summed E-state index contributed by atoms with van der Waals surface area (Å²) in [6.07, 6.45) is 5.23. The number of hydrogen-bond acceptors (Lipinski definition) is 4. The standard InChI is InChI=1S/C14H20N4O2/c1-10(19)18-5-2-3-11(4-6-18)7-12-8-13(14(15)20)17-9-16-12/h8-9,11H,2-7H2,1H3,(H2,15,20)/t11-/m1/s1. The Labute approximate surface area is 118 Å². The Hall–Kier alpha value is -1.98. The third-order valence-corrected chi connectivity index (χ3v) is 3.77. The van der Waals surface area contributed by atoms with Crippen LogP contribution in [-0.4, -0.2) is 39.8 Å². The largest absolute Gasteiger partial charge is 0.364 e. The van der Waals surface area contributed by atoms with Crippen molar-refractivity contribution in [2.75, 3.05) is 13.1 Å². The molecule has 20 heavy (non-hydrogen) atoms. The van der Waals surface area contributed by atoms with Crippen LogP contribution in [0.25, 0.3) is 0 Å². The quantitative estimate of drug-likeness (QED) is 0.883. The Bertz CT molecular complexity index is 504. The van der Waals surface area contributed by atoms with E-state index in [1.807, 2.05) is 4.90 Å². The number of hydrogen-bond donors (Lipinski definition) is 1. The van der Waals surface area contributed by atoms with Gasteiger partial charge >= 0.3 is 0 Å². The predicted molar refractivity (Wildman–Crippen MR) is 73.8 cm³/mol. The molecule has 0 spiro atoms. The molecule has 0 aromatic carbocycles. The lowest BCUT2D eigenvalue weighted by molar-refractivity contribution is -0.128. The van der Waals surface area contributed by atoms with Gasteiger partial charge in [-0.3, -0.25) is 9.59 Å². The van der Waals surface area contributed by atoms with Gasteiger partial charge in [-0.2, -0.15) is 0 Å².